The highest BCUT2D eigenvalue weighted by Crippen LogP contribution is 2.31. The highest BCUT2D eigenvalue weighted by atomic mass is 35.5. The first-order valence-corrected chi connectivity index (χ1v) is 8.01. The highest BCUT2D eigenvalue weighted by molar-refractivity contribution is 6.31. The van der Waals surface area contributed by atoms with Crippen molar-refractivity contribution >= 4 is 17.3 Å². The predicted molar refractivity (Wildman–Crippen MR) is 95.8 cm³/mol. The predicted octanol–water partition coefficient (Wildman–Crippen LogP) is 3.75. The Bertz CT molecular complexity index is 1020. The Morgan fingerprint density at radius 3 is 2.67 bits per heavy atom. The fourth-order valence-electron chi connectivity index (χ4n) is 3.05. The van der Waals surface area contributed by atoms with Gasteiger partial charge in [0.05, 0.1) is 23.5 Å². The number of fused-ring (bicyclic) bond motifs is 3. The smallest absolute Gasteiger partial charge is 0.259 e. The third kappa shape index (κ3) is 2.45. The van der Waals surface area contributed by atoms with Gasteiger partial charge in [-0.05, 0) is 24.6 Å². The molecule has 2 aromatic carbocycles. The maximum absolute atomic E-state index is 12.5. The molecule has 0 spiro atoms. The number of rotatable bonds is 1. The second-order valence-electron chi connectivity index (χ2n) is 5.69. The minimum Gasteiger partial charge on any atom is -0.310 e. The number of hydrogen-bond acceptors (Lipinski definition) is 3. The van der Waals surface area contributed by atoms with E-state index in [-0.39, 0.29) is 5.56 Å². The number of aromatic nitrogens is 2. The Hall–Kier alpha value is -2.72. The van der Waals surface area contributed by atoms with E-state index in [1.165, 1.54) is 0 Å². The number of nitrogens with one attached hydrogen (secondary N) is 1. The van der Waals surface area contributed by atoms with Crippen molar-refractivity contribution in [1.82, 2.24) is 9.97 Å². The summed E-state index contributed by atoms with van der Waals surface area (Å²) in [6.07, 6.45) is 0. The van der Waals surface area contributed by atoms with Crippen LogP contribution in [-0.4, -0.2) is 15.7 Å². The summed E-state index contributed by atoms with van der Waals surface area (Å²) in [6.45, 7) is 2.13. The van der Waals surface area contributed by atoms with Crippen LogP contribution in [0.3, 0.4) is 0 Å². The average molecular weight is 336 g/mol. The molecule has 0 atom stereocenters. The van der Waals surface area contributed by atoms with Gasteiger partial charge in [-0.25, -0.2) is 4.98 Å². The monoisotopic (exact) mass is 335 g/mol. The van der Waals surface area contributed by atoms with E-state index in [1.54, 1.807) is 13.0 Å². The number of H-pyrrole nitrogens is 1. The fourth-order valence-corrected chi connectivity index (χ4v) is 3.22. The lowest BCUT2D eigenvalue weighted by molar-refractivity contribution is 0.919. The van der Waals surface area contributed by atoms with Crippen LogP contribution in [0.4, 0.5) is 0 Å². The first-order valence-electron chi connectivity index (χ1n) is 7.63. The van der Waals surface area contributed by atoms with E-state index in [2.05, 4.69) is 9.97 Å². The molecule has 1 aliphatic rings. The number of nitrogens with zero attached hydrogens (tertiary/aromatic N) is 2. The van der Waals surface area contributed by atoms with Gasteiger partial charge in [0.1, 0.15) is 5.82 Å². The molecule has 0 aliphatic carbocycles. The summed E-state index contributed by atoms with van der Waals surface area (Å²) >= 11 is 6.22. The molecule has 1 aromatic heterocycles. The number of aryl methyl sites for hydroxylation is 1. The molecule has 2 heterocycles. The molecule has 0 bridgehead atoms. The van der Waals surface area contributed by atoms with Crippen molar-refractivity contribution in [3.63, 3.8) is 0 Å². The van der Waals surface area contributed by atoms with Gasteiger partial charge in [0.2, 0.25) is 0 Å². The van der Waals surface area contributed by atoms with Crippen LogP contribution in [-0.2, 0) is 6.54 Å². The van der Waals surface area contributed by atoms with Crippen LogP contribution in [0, 0.1) is 6.92 Å². The molecule has 1 aliphatic heterocycles. The van der Waals surface area contributed by atoms with E-state index in [0.717, 1.165) is 22.4 Å². The van der Waals surface area contributed by atoms with E-state index in [9.17, 15) is 4.79 Å². The van der Waals surface area contributed by atoms with Gasteiger partial charge in [-0.1, -0.05) is 48.0 Å². The van der Waals surface area contributed by atoms with Crippen LogP contribution in [0.25, 0.3) is 11.1 Å². The van der Waals surface area contributed by atoms with E-state index in [4.69, 9.17) is 16.6 Å². The zero-order chi connectivity index (χ0) is 16.7. The Labute approximate surface area is 143 Å². The van der Waals surface area contributed by atoms with Crippen LogP contribution in [0.5, 0.6) is 0 Å². The van der Waals surface area contributed by atoms with E-state index < -0.39 is 0 Å². The van der Waals surface area contributed by atoms with Crippen molar-refractivity contribution in [1.29, 1.82) is 0 Å². The number of hydrogen-bond donors (Lipinski definition) is 1. The molecule has 5 heteroatoms. The minimum atomic E-state index is -0.148. The normalized spacial score (nSPS) is 12.8. The molecule has 0 fully saturated rings. The zero-order valence-electron chi connectivity index (χ0n) is 13.0. The molecule has 1 N–H and O–H groups in total. The maximum Gasteiger partial charge on any atom is 0.259 e. The largest absolute Gasteiger partial charge is 0.310 e. The van der Waals surface area contributed by atoms with Crippen molar-refractivity contribution < 1.29 is 0 Å². The molecule has 24 heavy (non-hydrogen) atoms. The van der Waals surface area contributed by atoms with Crippen LogP contribution >= 0.6 is 11.6 Å². The first kappa shape index (κ1) is 14.8. The molecule has 118 valence electrons. The zero-order valence-corrected chi connectivity index (χ0v) is 13.8. The molecule has 4 rings (SSSR count). The van der Waals surface area contributed by atoms with Gasteiger partial charge in [0.25, 0.3) is 5.56 Å². The molecule has 0 radical (unpaired) electrons. The van der Waals surface area contributed by atoms with Crippen molar-refractivity contribution in [3.05, 3.63) is 86.6 Å². The lowest BCUT2D eigenvalue weighted by Crippen LogP contribution is -2.16. The van der Waals surface area contributed by atoms with Crippen molar-refractivity contribution in [2.24, 2.45) is 4.99 Å². The van der Waals surface area contributed by atoms with Crippen LogP contribution < -0.4 is 5.56 Å². The van der Waals surface area contributed by atoms with Crippen molar-refractivity contribution in [3.8, 4) is 11.1 Å². The van der Waals surface area contributed by atoms with Crippen molar-refractivity contribution in [2.45, 2.75) is 13.5 Å². The summed E-state index contributed by atoms with van der Waals surface area (Å²) in [7, 11) is 0. The Morgan fingerprint density at radius 2 is 1.88 bits per heavy atom. The summed E-state index contributed by atoms with van der Waals surface area (Å²) in [5.41, 5.74) is 4.58. The van der Waals surface area contributed by atoms with E-state index >= 15 is 0 Å². The molecule has 0 saturated heterocycles. The van der Waals surface area contributed by atoms with Crippen LogP contribution in [0.2, 0.25) is 5.02 Å². The van der Waals surface area contributed by atoms with E-state index in [1.807, 2.05) is 42.5 Å². The molecule has 3 aromatic rings. The summed E-state index contributed by atoms with van der Waals surface area (Å²) in [6, 6.07) is 15.4. The molecular weight excluding hydrogens is 322 g/mol. The average Bonchev–Trinajstić information content (AvgIpc) is 2.72. The van der Waals surface area contributed by atoms with Crippen LogP contribution in [0.15, 0.2) is 58.3 Å². The first-order chi connectivity index (χ1) is 11.6. The lowest BCUT2D eigenvalue weighted by atomic mass is 9.94. The summed E-state index contributed by atoms with van der Waals surface area (Å²) in [5.74, 6) is 0.590. The quantitative estimate of drug-likeness (QED) is 0.736. The second kappa shape index (κ2) is 5.73. The molecular formula is C19H14ClN3O. The molecule has 4 nitrogen and oxygen atoms in total. The summed E-state index contributed by atoms with van der Waals surface area (Å²) in [5, 5.41) is 0.609. The number of aromatic amines is 1. The fraction of sp³-hybridized carbons (Fsp3) is 0.105. The maximum atomic E-state index is 12.5. The number of aliphatic imine (C=N–C) groups is 1. The van der Waals surface area contributed by atoms with Gasteiger partial charge in [0.15, 0.2) is 0 Å². The topological polar surface area (TPSA) is 58.1 Å². The Morgan fingerprint density at radius 1 is 1.08 bits per heavy atom. The second-order valence-corrected chi connectivity index (χ2v) is 6.13. The molecule has 0 amide bonds. The molecule has 0 unspecified atom stereocenters. The third-order valence-corrected chi connectivity index (χ3v) is 4.29. The SMILES string of the molecule is Cc1nc2c(c(=O)[nH]1)-c1ccc(Cl)cc1C(c1ccccc1)=NC2. The number of halogens is 1. The van der Waals surface area contributed by atoms with Gasteiger partial charge in [-0.2, -0.15) is 0 Å². The molecule has 0 saturated carbocycles. The van der Waals surface area contributed by atoms with Crippen LogP contribution in [0.1, 0.15) is 22.6 Å². The highest BCUT2D eigenvalue weighted by Gasteiger charge is 2.22. The van der Waals surface area contributed by atoms with Gasteiger partial charge < -0.3 is 4.98 Å². The summed E-state index contributed by atoms with van der Waals surface area (Å²) < 4.78 is 0. The van der Waals surface area contributed by atoms with Crippen molar-refractivity contribution in [2.75, 3.05) is 0 Å². The van der Waals surface area contributed by atoms with Gasteiger partial charge in [-0.15, -0.1) is 0 Å². The van der Waals surface area contributed by atoms with Gasteiger partial charge in [0, 0.05) is 16.1 Å². The lowest BCUT2D eigenvalue weighted by Gasteiger charge is -2.11. The number of benzene rings is 2. The minimum absolute atomic E-state index is 0.148. The van der Waals surface area contributed by atoms with Gasteiger partial charge in [-0.3, -0.25) is 9.79 Å². The standard InChI is InChI=1S/C19H14ClN3O/c1-11-22-16-10-21-18(12-5-3-2-4-6-12)15-9-13(20)7-8-14(15)17(16)19(24)23-11/h2-9H,10H2,1H3,(H,22,23,24). The van der Waals surface area contributed by atoms with Gasteiger partial charge >= 0.3 is 0 Å². The third-order valence-electron chi connectivity index (χ3n) is 4.05. The summed E-state index contributed by atoms with van der Waals surface area (Å²) in [4.78, 5) is 24.6. The van der Waals surface area contributed by atoms with E-state index in [0.29, 0.717) is 28.6 Å². The Kier molecular flexibility index (Phi) is 3.54. The Balaban J connectivity index is 2.05.